The summed E-state index contributed by atoms with van der Waals surface area (Å²) in [7, 11) is 0. The van der Waals surface area contributed by atoms with Crippen molar-refractivity contribution in [1.82, 2.24) is 9.78 Å². The fourth-order valence-electron chi connectivity index (χ4n) is 2.66. The normalized spacial score (nSPS) is 11.3. The Bertz CT molecular complexity index is 961. The maximum Gasteiger partial charge on any atom is 0.279 e. The van der Waals surface area contributed by atoms with Gasteiger partial charge in [-0.3, -0.25) is 4.79 Å². The number of phenols is 1. The number of hydrogen-bond donors (Lipinski definition) is 1. The van der Waals surface area contributed by atoms with Crippen LogP contribution in [0.25, 0.3) is 16.5 Å². The Morgan fingerprint density at radius 3 is 2.52 bits per heavy atom. The number of aromatic hydroxyl groups is 1. The highest BCUT2D eigenvalue weighted by Gasteiger charge is 2.17. The Balaban J connectivity index is 2.46. The highest BCUT2D eigenvalue weighted by atomic mass is 19.1. The molecule has 0 saturated heterocycles. The van der Waals surface area contributed by atoms with E-state index in [1.165, 1.54) is 10.7 Å². The number of benzene rings is 2. The quantitative estimate of drug-likeness (QED) is 0.785. The van der Waals surface area contributed by atoms with Crippen LogP contribution in [-0.4, -0.2) is 14.9 Å². The van der Waals surface area contributed by atoms with Crippen molar-refractivity contribution in [2.45, 2.75) is 26.7 Å². The molecule has 118 valence electrons. The number of phenolic OH excluding ortho intramolecular Hbond substituents is 1. The van der Waals surface area contributed by atoms with Gasteiger partial charge in [0, 0.05) is 5.39 Å². The van der Waals surface area contributed by atoms with Gasteiger partial charge in [-0.15, -0.1) is 0 Å². The van der Waals surface area contributed by atoms with E-state index in [4.69, 9.17) is 0 Å². The maximum absolute atomic E-state index is 13.8. The van der Waals surface area contributed by atoms with Crippen LogP contribution in [0.3, 0.4) is 0 Å². The second kappa shape index (κ2) is 5.50. The first kappa shape index (κ1) is 15.2. The first-order valence-electron chi connectivity index (χ1n) is 7.41. The van der Waals surface area contributed by atoms with Crippen molar-refractivity contribution in [3.8, 4) is 11.4 Å². The number of rotatable bonds is 2. The summed E-state index contributed by atoms with van der Waals surface area (Å²) in [5.41, 5.74) is 1.79. The molecular weight excluding hydrogens is 295 g/mol. The zero-order valence-electron chi connectivity index (χ0n) is 13.2. The molecular formula is C18H17FN2O2. The summed E-state index contributed by atoms with van der Waals surface area (Å²) in [5.74, 6) is -1.28. The molecule has 0 aliphatic carbocycles. The molecule has 1 N–H and O–H groups in total. The first-order valence-corrected chi connectivity index (χ1v) is 7.41. The fourth-order valence-corrected chi connectivity index (χ4v) is 2.66. The number of fused-ring (bicyclic) bond motifs is 1. The summed E-state index contributed by atoms with van der Waals surface area (Å²) in [5, 5.41) is 14.8. The smallest absolute Gasteiger partial charge is 0.279 e. The molecule has 0 aliphatic rings. The molecule has 4 nitrogen and oxygen atoms in total. The maximum atomic E-state index is 13.8. The molecule has 0 atom stereocenters. The summed E-state index contributed by atoms with van der Waals surface area (Å²) >= 11 is 0. The Morgan fingerprint density at radius 2 is 1.87 bits per heavy atom. The van der Waals surface area contributed by atoms with Crippen molar-refractivity contribution in [2.24, 2.45) is 0 Å². The van der Waals surface area contributed by atoms with E-state index in [1.54, 1.807) is 6.07 Å². The Morgan fingerprint density at radius 1 is 1.17 bits per heavy atom. The molecule has 3 rings (SSSR count). The van der Waals surface area contributed by atoms with Crippen LogP contribution in [0.15, 0.2) is 41.2 Å². The molecule has 0 spiro atoms. The van der Waals surface area contributed by atoms with E-state index in [0.29, 0.717) is 16.8 Å². The van der Waals surface area contributed by atoms with Crippen LogP contribution < -0.4 is 5.56 Å². The van der Waals surface area contributed by atoms with E-state index in [-0.39, 0.29) is 11.3 Å². The Kier molecular flexibility index (Phi) is 3.64. The van der Waals surface area contributed by atoms with E-state index in [9.17, 15) is 14.3 Å². The van der Waals surface area contributed by atoms with Gasteiger partial charge in [0.2, 0.25) is 0 Å². The van der Waals surface area contributed by atoms with Gasteiger partial charge in [0.25, 0.3) is 5.56 Å². The third kappa shape index (κ3) is 2.48. The number of nitrogens with zero attached hydrogens (tertiary/aromatic N) is 2. The summed E-state index contributed by atoms with van der Waals surface area (Å²) < 4.78 is 15.1. The van der Waals surface area contributed by atoms with Crippen molar-refractivity contribution in [1.29, 1.82) is 0 Å². The molecule has 0 unspecified atom stereocenters. The van der Waals surface area contributed by atoms with Gasteiger partial charge in [0.05, 0.1) is 16.8 Å². The largest absolute Gasteiger partial charge is 0.505 e. The summed E-state index contributed by atoms with van der Waals surface area (Å²) in [6, 6.07) is 9.75. The molecule has 23 heavy (non-hydrogen) atoms. The molecule has 3 aromatic rings. The van der Waals surface area contributed by atoms with Crippen molar-refractivity contribution in [2.75, 3.05) is 0 Å². The van der Waals surface area contributed by atoms with E-state index in [2.05, 4.69) is 5.10 Å². The number of para-hydroxylation sites is 1. The topological polar surface area (TPSA) is 55.1 Å². The van der Waals surface area contributed by atoms with Gasteiger partial charge in [-0.05, 0) is 36.6 Å². The lowest BCUT2D eigenvalue weighted by atomic mass is 10.0. The monoisotopic (exact) mass is 312 g/mol. The molecule has 0 fully saturated rings. The van der Waals surface area contributed by atoms with Gasteiger partial charge in [-0.1, -0.05) is 32.0 Å². The van der Waals surface area contributed by atoms with Gasteiger partial charge in [0.1, 0.15) is 0 Å². The second-order valence-corrected chi connectivity index (χ2v) is 5.89. The van der Waals surface area contributed by atoms with Gasteiger partial charge < -0.3 is 5.11 Å². The highest BCUT2D eigenvalue weighted by molar-refractivity contribution is 5.85. The number of hydrogen-bond acceptors (Lipinski definition) is 3. The van der Waals surface area contributed by atoms with Crippen LogP contribution in [0.5, 0.6) is 5.75 Å². The fraction of sp³-hybridized carbons (Fsp3) is 0.222. The lowest BCUT2D eigenvalue weighted by molar-refractivity contribution is 0.433. The minimum atomic E-state index is -0.813. The lowest BCUT2D eigenvalue weighted by Gasteiger charge is -2.15. The van der Waals surface area contributed by atoms with Crippen LogP contribution in [-0.2, 0) is 0 Å². The van der Waals surface area contributed by atoms with E-state index in [1.807, 2.05) is 39.0 Å². The number of halogens is 1. The molecule has 2 aromatic carbocycles. The standard InChI is InChI=1S/C18H17FN2O2/c1-10(2)17-12-9-16(22)14(19)8-13(12)18(23)21(20-17)15-7-5-4-6-11(15)3/h4-10,22H,1-3H3. The molecule has 0 radical (unpaired) electrons. The zero-order chi connectivity index (χ0) is 16.7. The van der Waals surface area contributed by atoms with Crippen LogP contribution in [0.4, 0.5) is 4.39 Å². The van der Waals surface area contributed by atoms with Crippen molar-refractivity contribution >= 4 is 10.8 Å². The van der Waals surface area contributed by atoms with Gasteiger partial charge in [0.15, 0.2) is 11.6 Å². The summed E-state index contributed by atoms with van der Waals surface area (Å²) in [6.07, 6.45) is 0. The average Bonchev–Trinajstić information content (AvgIpc) is 2.50. The second-order valence-electron chi connectivity index (χ2n) is 5.89. The summed E-state index contributed by atoms with van der Waals surface area (Å²) in [6.45, 7) is 5.77. The molecule has 0 bridgehead atoms. The molecule has 0 amide bonds. The van der Waals surface area contributed by atoms with Crippen molar-refractivity contribution < 1.29 is 9.50 Å². The molecule has 1 aromatic heterocycles. The predicted molar refractivity (Wildman–Crippen MR) is 87.8 cm³/mol. The van der Waals surface area contributed by atoms with Crippen LogP contribution in [0, 0.1) is 12.7 Å². The van der Waals surface area contributed by atoms with Crippen LogP contribution in [0.1, 0.15) is 31.0 Å². The number of aryl methyl sites for hydroxylation is 1. The SMILES string of the molecule is Cc1ccccc1-n1nc(C(C)C)c2cc(O)c(F)cc2c1=O. The van der Waals surface area contributed by atoms with E-state index >= 15 is 0 Å². The van der Waals surface area contributed by atoms with Gasteiger partial charge in [-0.2, -0.15) is 9.78 Å². The minimum Gasteiger partial charge on any atom is -0.505 e. The molecule has 0 saturated carbocycles. The number of aromatic nitrogens is 2. The van der Waals surface area contributed by atoms with Gasteiger partial charge in [-0.25, -0.2) is 4.39 Å². The van der Waals surface area contributed by atoms with E-state index < -0.39 is 17.1 Å². The van der Waals surface area contributed by atoms with Crippen molar-refractivity contribution in [3.05, 3.63) is 63.8 Å². The predicted octanol–water partition coefficient (Wildman–Crippen LogP) is 3.66. The third-order valence-electron chi connectivity index (χ3n) is 3.88. The highest BCUT2D eigenvalue weighted by Crippen LogP contribution is 2.27. The third-order valence-corrected chi connectivity index (χ3v) is 3.88. The zero-order valence-corrected chi connectivity index (χ0v) is 13.2. The lowest BCUT2D eigenvalue weighted by Crippen LogP contribution is -2.24. The first-order chi connectivity index (χ1) is 10.9. The molecule has 5 heteroatoms. The Labute approximate surface area is 132 Å². The van der Waals surface area contributed by atoms with Crippen LogP contribution >= 0.6 is 0 Å². The minimum absolute atomic E-state index is 0.0122. The van der Waals surface area contributed by atoms with E-state index in [0.717, 1.165) is 11.6 Å². The average molecular weight is 312 g/mol. The summed E-state index contributed by atoms with van der Waals surface area (Å²) in [4.78, 5) is 12.8. The van der Waals surface area contributed by atoms with Crippen molar-refractivity contribution in [3.63, 3.8) is 0 Å². The Hall–Kier alpha value is -2.69. The van der Waals surface area contributed by atoms with Gasteiger partial charge >= 0.3 is 0 Å². The molecule has 1 heterocycles. The molecule has 0 aliphatic heterocycles. The van der Waals surface area contributed by atoms with Crippen LogP contribution in [0.2, 0.25) is 0 Å².